The van der Waals surface area contributed by atoms with Gasteiger partial charge in [-0.15, -0.1) is 0 Å². The zero-order chi connectivity index (χ0) is 14.4. The van der Waals surface area contributed by atoms with E-state index in [1.807, 2.05) is 18.2 Å². The highest BCUT2D eigenvalue weighted by Crippen LogP contribution is 2.21. The lowest BCUT2D eigenvalue weighted by Gasteiger charge is -2.10. The standard InChI is InChI=1S/C15H13BrN2O2/c1-17-13-6-5-12(11(9-13)7-8-19)10-20-15-4-2-3-14(16)18-15/h2-6,9,19H,7-8,10H2. The van der Waals surface area contributed by atoms with Gasteiger partial charge >= 0.3 is 0 Å². The van der Waals surface area contributed by atoms with E-state index < -0.39 is 0 Å². The second kappa shape index (κ2) is 7.04. The molecule has 1 aromatic heterocycles. The largest absolute Gasteiger partial charge is 0.473 e. The predicted octanol–water partition coefficient (Wildman–Crippen LogP) is 3.51. The molecule has 0 aliphatic heterocycles. The summed E-state index contributed by atoms with van der Waals surface area (Å²) >= 11 is 3.29. The summed E-state index contributed by atoms with van der Waals surface area (Å²) in [6.45, 7) is 7.42. The normalized spacial score (nSPS) is 10.1. The van der Waals surface area contributed by atoms with Gasteiger partial charge in [0, 0.05) is 12.7 Å². The number of hydrogen-bond acceptors (Lipinski definition) is 3. The van der Waals surface area contributed by atoms with Crippen LogP contribution in [0.3, 0.4) is 0 Å². The second-order valence-corrected chi connectivity index (χ2v) is 4.94. The van der Waals surface area contributed by atoms with Gasteiger partial charge in [0.25, 0.3) is 0 Å². The fourth-order valence-corrected chi connectivity index (χ4v) is 2.12. The molecule has 2 aromatic rings. The van der Waals surface area contributed by atoms with Gasteiger partial charge in [-0.05, 0) is 39.5 Å². The number of aromatic nitrogens is 1. The van der Waals surface area contributed by atoms with E-state index in [2.05, 4.69) is 25.8 Å². The highest BCUT2D eigenvalue weighted by molar-refractivity contribution is 9.10. The van der Waals surface area contributed by atoms with Crippen LogP contribution in [0.2, 0.25) is 0 Å². The molecule has 0 amide bonds. The van der Waals surface area contributed by atoms with E-state index in [1.54, 1.807) is 18.2 Å². The number of halogens is 1. The average Bonchev–Trinajstić information content (AvgIpc) is 2.46. The van der Waals surface area contributed by atoms with Gasteiger partial charge in [-0.25, -0.2) is 9.83 Å². The third-order valence-corrected chi connectivity index (χ3v) is 3.21. The van der Waals surface area contributed by atoms with E-state index in [0.717, 1.165) is 11.1 Å². The molecular weight excluding hydrogens is 320 g/mol. The van der Waals surface area contributed by atoms with Crippen LogP contribution in [0.25, 0.3) is 4.85 Å². The molecule has 0 fully saturated rings. The molecule has 0 aliphatic carbocycles. The second-order valence-electron chi connectivity index (χ2n) is 4.13. The Kier molecular flexibility index (Phi) is 5.10. The van der Waals surface area contributed by atoms with Crippen LogP contribution in [0.4, 0.5) is 5.69 Å². The predicted molar refractivity (Wildman–Crippen MR) is 79.8 cm³/mol. The van der Waals surface area contributed by atoms with Crippen LogP contribution in [-0.4, -0.2) is 16.7 Å². The first-order chi connectivity index (χ1) is 9.72. The lowest BCUT2D eigenvalue weighted by molar-refractivity contribution is 0.285. The van der Waals surface area contributed by atoms with E-state index in [0.29, 0.717) is 29.2 Å². The van der Waals surface area contributed by atoms with Crippen LogP contribution in [0.5, 0.6) is 5.88 Å². The molecule has 0 spiro atoms. The zero-order valence-electron chi connectivity index (χ0n) is 10.7. The minimum atomic E-state index is 0.0452. The van der Waals surface area contributed by atoms with Crippen molar-refractivity contribution >= 4 is 21.6 Å². The minimum absolute atomic E-state index is 0.0452. The average molecular weight is 333 g/mol. The monoisotopic (exact) mass is 332 g/mol. The maximum absolute atomic E-state index is 9.09. The first-order valence-electron chi connectivity index (χ1n) is 6.08. The number of nitrogens with zero attached hydrogens (tertiary/aromatic N) is 2. The van der Waals surface area contributed by atoms with Crippen molar-refractivity contribution in [2.24, 2.45) is 0 Å². The van der Waals surface area contributed by atoms with Crippen LogP contribution >= 0.6 is 15.9 Å². The Morgan fingerprint density at radius 3 is 2.80 bits per heavy atom. The van der Waals surface area contributed by atoms with Crippen molar-refractivity contribution in [3.8, 4) is 5.88 Å². The number of benzene rings is 1. The van der Waals surface area contributed by atoms with E-state index in [4.69, 9.17) is 16.4 Å². The van der Waals surface area contributed by atoms with Gasteiger partial charge < -0.3 is 9.84 Å². The van der Waals surface area contributed by atoms with Crippen molar-refractivity contribution < 1.29 is 9.84 Å². The van der Waals surface area contributed by atoms with Crippen LogP contribution in [0.1, 0.15) is 11.1 Å². The van der Waals surface area contributed by atoms with Crippen LogP contribution in [0.15, 0.2) is 41.0 Å². The highest BCUT2D eigenvalue weighted by atomic mass is 79.9. The Hall–Kier alpha value is -1.90. The summed E-state index contributed by atoms with van der Waals surface area (Å²) in [6, 6.07) is 10.9. The molecule has 5 heteroatoms. The number of aliphatic hydroxyl groups is 1. The van der Waals surface area contributed by atoms with Crippen molar-refractivity contribution in [2.45, 2.75) is 13.0 Å². The Balaban J connectivity index is 2.14. The lowest BCUT2D eigenvalue weighted by atomic mass is 10.0. The Labute approximate surface area is 126 Å². The van der Waals surface area contributed by atoms with Gasteiger partial charge in [0.15, 0.2) is 5.69 Å². The third kappa shape index (κ3) is 3.80. The molecule has 4 nitrogen and oxygen atoms in total. The summed E-state index contributed by atoms with van der Waals surface area (Å²) in [5.41, 5.74) is 2.45. The summed E-state index contributed by atoms with van der Waals surface area (Å²) in [4.78, 5) is 7.59. The number of rotatable bonds is 5. The smallest absolute Gasteiger partial charge is 0.214 e. The van der Waals surface area contributed by atoms with Gasteiger partial charge in [0.05, 0.1) is 6.57 Å². The molecule has 0 unspecified atom stereocenters. The summed E-state index contributed by atoms with van der Waals surface area (Å²) in [5, 5.41) is 9.09. The van der Waals surface area contributed by atoms with Gasteiger partial charge in [0.1, 0.15) is 11.2 Å². The van der Waals surface area contributed by atoms with Gasteiger partial charge in [-0.1, -0.05) is 24.3 Å². The van der Waals surface area contributed by atoms with Crippen molar-refractivity contribution in [3.05, 3.63) is 63.5 Å². The number of pyridine rings is 1. The van der Waals surface area contributed by atoms with E-state index >= 15 is 0 Å². The highest BCUT2D eigenvalue weighted by Gasteiger charge is 2.05. The number of hydrogen-bond donors (Lipinski definition) is 1. The molecule has 1 N–H and O–H groups in total. The van der Waals surface area contributed by atoms with Crippen molar-refractivity contribution in [1.82, 2.24) is 4.98 Å². The molecule has 0 saturated carbocycles. The molecule has 0 bridgehead atoms. The Bertz CT molecular complexity index is 638. The fraction of sp³-hybridized carbons (Fsp3) is 0.200. The van der Waals surface area contributed by atoms with Crippen LogP contribution < -0.4 is 4.74 Å². The number of aliphatic hydroxyl groups excluding tert-OH is 1. The molecule has 0 aliphatic rings. The molecule has 1 aromatic carbocycles. The molecule has 102 valence electrons. The zero-order valence-corrected chi connectivity index (χ0v) is 12.3. The van der Waals surface area contributed by atoms with Crippen molar-refractivity contribution in [2.75, 3.05) is 6.61 Å². The maximum atomic E-state index is 9.09. The Morgan fingerprint density at radius 2 is 2.10 bits per heavy atom. The molecular formula is C15H13BrN2O2. The summed E-state index contributed by atoms with van der Waals surface area (Å²) in [6.07, 6.45) is 0.508. The van der Waals surface area contributed by atoms with Gasteiger partial charge in [0.2, 0.25) is 5.88 Å². The number of ether oxygens (including phenoxy) is 1. The molecule has 1 heterocycles. The van der Waals surface area contributed by atoms with E-state index in [1.165, 1.54) is 0 Å². The SMILES string of the molecule is [C-]#[N+]c1ccc(COc2cccc(Br)n2)c(CCO)c1. The first-order valence-corrected chi connectivity index (χ1v) is 6.87. The molecule has 0 atom stereocenters. The quantitative estimate of drug-likeness (QED) is 0.673. The molecule has 20 heavy (non-hydrogen) atoms. The summed E-state index contributed by atoms with van der Waals surface area (Å²) in [7, 11) is 0. The maximum Gasteiger partial charge on any atom is 0.214 e. The minimum Gasteiger partial charge on any atom is -0.473 e. The molecule has 2 rings (SSSR count). The summed E-state index contributed by atoms with van der Waals surface area (Å²) < 4.78 is 6.35. The van der Waals surface area contributed by atoms with E-state index in [-0.39, 0.29) is 6.61 Å². The molecule has 0 radical (unpaired) electrons. The first kappa shape index (κ1) is 14.5. The summed E-state index contributed by atoms with van der Waals surface area (Å²) in [5.74, 6) is 0.531. The van der Waals surface area contributed by atoms with Crippen molar-refractivity contribution in [3.63, 3.8) is 0 Å². The van der Waals surface area contributed by atoms with Gasteiger partial charge in [-0.2, -0.15) is 0 Å². The third-order valence-electron chi connectivity index (χ3n) is 2.77. The Morgan fingerprint density at radius 1 is 1.25 bits per heavy atom. The fourth-order valence-electron chi connectivity index (χ4n) is 1.80. The van der Waals surface area contributed by atoms with Crippen LogP contribution in [0, 0.1) is 6.57 Å². The molecule has 0 saturated heterocycles. The van der Waals surface area contributed by atoms with Crippen LogP contribution in [-0.2, 0) is 13.0 Å². The van der Waals surface area contributed by atoms with Crippen molar-refractivity contribution in [1.29, 1.82) is 0 Å². The van der Waals surface area contributed by atoms with E-state index in [9.17, 15) is 0 Å². The topological polar surface area (TPSA) is 46.7 Å². The lowest BCUT2D eigenvalue weighted by Crippen LogP contribution is -2.03. The van der Waals surface area contributed by atoms with Gasteiger partial charge in [-0.3, -0.25) is 0 Å².